The molecule has 4 heteroatoms. The Balaban J connectivity index is 2.65. The summed E-state index contributed by atoms with van der Waals surface area (Å²) >= 11 is 0. The van der Waals surface area contributed by atoms with E-state index in [1.165, 1.54) is 6.20 Å². The van der Waals surface area contributed by atoms with E-state index in [1.54, 1.807) is 12.1 Å². The van der Waals surface area contributed by atoms with E-state index >= 15 is 0 Å². The van der Waals surface area contributed by atoms with Crippen molar-refractivity contribution in [2.24, 2.45) is 0 Å². The third kappa shape index (κ3) is 2.73. The number of rotatable bonds is 3. The quantitative estimate of drug-likeness (QED) is 0.742. The lowest BCUT2D eigenvalue weighted by atomic mass is 10.3. The summed E-state index contributed by atoms with van der Waals surface area (Å²) in [4.78, 5) is 15.3. The highest BCUT2D eigenvalue weighted by Crippen LogP contribution is 2.05. The van der Waals surface area contributed by atoms with Crippen molar-refractivity contribution in [2.45, 2.75) is 26.4 Å². The molecule has 0 aliphatic heterocycles. The van der Waals surface area contributed by atoms with Gasteiger partial charge in [-0.25, -0.2) is 9.78 Å². The molecule has 0 aliphatic rings. The SMILES string of the molecule is CCC(C)OC(=O)c1ccc(N)cn1. The number of anilines is 1. The molecule has 0 bridgehead atoms. The lowest BCUT2D eigenvalue weighted by Gasteiger charge is -2.09. The van der Waals surface area contributed by atoms with Crippen molar-refractivity contribution in [1.29, 1.82) is 0 Å². The van der Waals surface area contributed by atoms with E-state index in [-0.39, 0.29) is 6.10 Å². The molecule has 0 saturated heterocycles. The van der Waals surface area contributed by atoms with Gasteiger partial charge in [-0.2, -0.15) is 0 Å². The summed E-state index contributed by atoms with van der Waals surface area (Å²) in [6.07, 6.45) is 2.15. The van der Waals surface area contributed by atoms with Gasteiger partial charge in [-0.05, 0) is 25.5 Å². The second-order valence-electron chi connectivity index (χ2n) is 3.10. The molecule has 14 heavy (non-hydrogen) atoms. The molecular weight excluding hydrogens is 180 g/mol. The highest BCUT2D eigenvalue weighted by molar-refractivity contribution is 5.87. The normalized spacial score (nSPS) is 12.1. The largest absolute Gasteiger partial charge is 0.458 e. The van der Waals surface area contributed by atoms with Crippen LogP contribution in [-0.2, 0) is 4.74 Å². The van der Waals surface area contributed by atoms with E-state index in [1.807, 2.05) is 13.8 Å². The Bertz CT molecular complexity index is 308. The lowest BCUT2D eigenvalue weighted by molar-refractivity contribution is 0.0327. The van der Waals surface area contributed by atoms with Crippen LogP contribution in [0.1, 0.15) is 30.8 Å². The molecule has 0 aliphatic carbocycles. The van der Waals surface area contributed by atoms with Gasteiger partial charge in [0.05, 0.1) is 18.0 Å². The number of nitrogen functional groups attached to an aromatic ring is 1. The molecule has 1 atom stereocenters. The Labute approximate surface area is 83.1 Å². The molecule has 0 radical (unpaired) electrons. The second kappa shape index (κ2) is 4.60. The van der Waals surface area contributed by atoms with Crippen LogP contribution < -0.4 is 5.73 Å². The molecule has 0 aromatic carbocycles. The van der Waals surface area contributed by atoms with Gasteiger partial charge in [-0.3, -0.25) is 0 Å². The molecule has 1 heterocycles. The number of nitrogens with two attached hydrogens (primary N) is 1. The first kappa shape index (κ1) is 10.5. The monoisotopic (exact) mass is 194 g/mol. The zero-order valence-electron chi connectivity index (χ0n) is 8.36. The van der Waals surface area contributed by atoms with Gasteiger partial charge in [0.25, 0.3) is 0 Å². The van der Waals surface area contributed by atoms with Gasteiger partial charge < -0.3 is 10.5 Å². The van der Waals surface area contributed by atoms with Crippen LogP contribution >= 0.6 is 0 Å². The number of carbonyl (C=O) groups excluding carboxylic acids is 1. The van der Waals surface area contributed by atoms with E-state index in [9.17, 15) is 4.79 Å². The van der Waals surface area contributed by atoms with E-state index in [4.69, 9.17) is 10.5 Å². The molecular formula is C10H14N2O2. The lowest BCUT2D eigenvalue weighted by Crippen LogP contribution is -2.15. The van der Waals surface area contributed by atoms with Gasteiger partial charge >= 0.3 is 5.97 Å². The molecule has 0 spiro atoms. The molecule has 0 fully saturated rings. The summed E-state index contributed by atoms with van der Waals surface area (Å²) in [5.74, 6) is -0.403. The van der Waals surface area contributed by atoms with E-state index in [2.05, 4.69) is 4.98 Å². The summed E-state index contributed by atoms with van der Waals surface area (Å²) in [5, 5.41) is 0. The number of ether oxygens (including phenoxy) is 1. The topological polar surface area (TPSA) is 65.2 Å². The van der Waals surface area contributed by atoms with Crippen molar-refractivity contribution in [3.8, 4) is 0 Å². The van der Waals surface area contributed by atoms with Crippen LogP contribution in [0.25, 0.3) is 0 Å². The Morgan fingerprint density at radius 2 is 2.36 bits per heavy atom. The minimum Gasteiger partial charge on any atom is -0.458 e. The van der Waals surface area contributed by atoms with Gasteiger partial charge in [0.1, 0.15) is 5.69 Å². The fourth-order valence-corrected chi connectivity index (χ4v) is 0.852. The summed E-state index contributed by atoms with van der Waals surface area (Å²) in [6.45, 7) is 3.80. The number of nitrogens with zero attached hydrogens (tertiary/aromatic N) is 1. The number of hydrogen-bond donors (Lipinski definition) is 1. The highest BCUT2D eigenvalue weighted by atomic mass is 16.5. The smallest absolute Gasteiger partial charge is 0.357 e. The fourth-order valence-electron chi connectivity index (χ4n) is 0.852. The fraction of sp³-hybridized carbons (Fsp3) is 0.400. The van der Waals surface area contributed by atoms with Gasteiger partial charge in [0.2, 0.25) is 0 Å². The van der Waals surface area contributed by atoms with E-state index in [0.717, 1.165) is 6.42 Å². The van der Waals surface area contributed by atoms with Crippen LogP contribution in [0.5, 0.6) is 0 Å². The standard InChI is InChI=1S/C10H14N2O2/c1-3-7(2)14-10(13)9-5-4-8(11)6-12-9/h4-7H,3,11H2,1-2H3. The predicted molar refractivity (Wildman–Crippen MR) is 53.8 cm³/mol. The molecule has 0 amide bonds. The third-order valence-corrected chi connectivity index (χ3v) is 1.88. The Morgan fingerprint density at radius 3 is 2.86 bits per heavy atom. The average molecular weight is 194 g/mol. The maximum Gasteiger partial charge on any atom is 0.357 e. The van der Waals surface area contributed by atoms with Crippen molar-refractivity contribution in [1.82, 2.24) is 4.98 Å². The minimum atomic E-state index is -0.403. The van der Waals surface area contributed by atoms with E-state index < -0.39 is 5.97 Å². The summed E-state index contributed by atoms with van der Waals surface area (Å²) < 4.78 is 5.08. The number of pyridine rings is 1. The van der Waals surface area contributed by atoms with Gasteiger partial charge in [0.15, 0.2) is 0 Å². The molecule has 2 N–H and O–H groups in total. The van der Waals surface area contributed by atoms with Gasteiger partial charge in [-0.15, -0.1) is 0 Å². The van der Waals surface area contributed by atoms with Crippen molar-refractivity contribution < 1.29 is 9.53 Å². The molecule has 1 rings (SSSR count). The van der Waals surface area contributed by atoms with Crippen LogP contribution in [-0.4, -0.2) is 17.1 Å². The summed E-state index contributed by atoms with van der Waals surface area (Å²) in [5.41, 5.74) is 6.26. The molecule has 1 aromatic rings. The third-order valence-electron chi connectivity index (χ3n) is 1.88. The summed E-state index contributed by atoms with van der Waals surface area (Å²) in [7, 11) is 0. The summed E-state index contributed by atoms with van der Waals surface area (Å²) in [6, 6.07) is 3.18. The van der Waals surface area contributed by atoms with Crippen LogP contribution in [0.15, 0.2) is 18.3 Å². The van der Waals surface area contributed by atoms with Crippen LogP contribution in [0.4, 0.5) is 5.69 Å². The zero-order chi connectivity index (χ0) is 10.6. The minimum absolute atomic E-state index is 0.0816. The zero-order valence-corrected chi connectivity index (χ0v) is 8.36. The first-order chi connectivity index (χ1) is 6.63. The van der Waals surface area contributed by atoms with Crippen LogP contribution in [0.2, 0.25) is 0 Å². The Hall–Kier alpha value is -1.58. The number of esters is 1. The first-order valence-corrected chi connectivity index (χ1v) is 4.56. The molecule has 76 valence electrons. The number of hydrogen-bond acceptors (Lipinski definition) is 4. The molecule has 0 saturated carbocycles. The van der Waals surface area contributed by atoms with Crippen molar-refractivity contribution >= 4 is 11.7 Å². The van der Waals surface area contributed by atoms with Crippen LogP contribution in [0.3, 0.4) is 0 Å². The Morgan fingerprint density at radius 1 is 1.64 bits per heavy atom. The number of aromatic nitrogens is 1. The number of carbonyl (C=O) groups is 1. The van der Waals surface area contributed by atoms with Crippen molar-refractivity contribution in [3.05, 3.63) is 24.0 Å². The van der Waals surface area contributed by atoms with Crippen molar-refractivity contribution in [2.75, 3.05) is 5.73 Å². The van der Waals surface area contributed by atoms with Gasteiger partial charge in [0, 0.05) is 0 Å². The first-order valence-electron chi connectivity index (χ1n) is 4.56. The Kier molecular flexibility index (Phi) is 3.45. The maximum absolute atomic E-state index is 11.4. The molecule has 4 nitrogen and oxygen atoms in total. The van der Waals surface area contributed by atoms with Crippen molar-refractivity contribution in [3.63, 3.8) is 0 Å². The van der Waals surface area contributed by atoms with Crippen LogP contribution in [0, 0.1) is 0 Å². The average Bonchev–Trinajstić information content (AvgIpc) is 2.18. The highest BCUT2D eigenvalue weighted by Gasteiger charge is 2.11. The molecule has 1 unspecified atom stereocenters. The maximum atomic E-state index is 11.4. The van der Waals surface area contributed by atoms with Gasteiger partial charge in [-0.1, -0.05) is 6.92 Å². The predicted octanol–water partition coefficient (Wildman–Crippen LogP) is 1.62. The van der Waals surface area contributed by atoms with E-state index in [0.29, 0.717) is 11.4 Å². The molecule has 1 aromatic heterocycles. The second-order valence-corrected chi connectivity index (χ2v) is 3.10.